The number of allylic oxidation sites excluding steroid dienone is 1. The second kappa shape index (κ2) is 9.80. The number of carbonyl (C=O) groups is 2. The zero-order chi connectivity index (χ0) is 19.9. The van der Waals surface area contributed by atoms with Gasteiger partial charge in [0, 0.05) is 18.4 Å². The topological polar surface area (TPSA) is 58.2 Å². The van der Waals surface area contributed by atoms with Crippen molar-refractivity contribution in [2.24, 2.45) is 11.8 Å². The molecule has 1 aromatic rings. The van der Waals surface area contributed by atoms with Gasteiger partial charge in [-0.1, -0.05) is 17.7 Å². The van der Waals surface area contributed by atoms with Crippen molar-refractivity contribution in [3.63, 3.8) is 0 Å². The van der Waals surface area contributed by atoms with E-state index in [-0.39, 0.29) is 23.7 Å². The summed E-state index contributed by atoms with van der Waals surface area (Å²) in [6.45, 7) is 0.664. The van der Waals surface area contributed by atoms with Crippen molar-refractivity contribution in [2.45, 2.75) is 57.8 Å². The number of nitrogens with one attached hydrogen (secondary N) is 2. The van der Waals surface area contributed by atoms with Crippen LogP contribution in [0.3, 0.4) is 0 Å². The highest BCUT2D eigenvalue weighted by Gasteiger charge is 2.30. The maximum absolute atomic E-state index is 13.7. The molecule has 0 unspecified atom stereocenters. The first-order valence-electron chi connectivity index (χ1n) is 10.2. The molecular weight excluding hydrogens is 362 g/mol. The van der Waals surface area contributed by atoms with Gasteiger partial charge in [0.2, 0.25) is 11.8 Å². The smallest absolute Gasteiger partial charge is 0.227 e. The molecule has 6 heteroatoms. The third kappa shape index (κ3) is 5.40. The van der Waals surface area contributed by atoms with Gasteiger partial charge in [-0.15, -0.1) is 0 Å². The van der Waals surface area contributed by atoms with Crippen LogP contribution < -0.4 is 10.6 Å². The van der Waals surface area contributed by atoms with E-state index >= 15 is 0 Å². The van der Waals surface area contributed by atoms with Gasteiger partial charge in [0.1, 0.15) is 17.3 Å². The van der Waals surface area contributed by atoms with E-state index in [9.17, 15) is 18.4 Å². The maximum Gasteiger partial charge on any atom is 0.227 e. The Balaban J connectivity index is 1.41. The lowest BCUT2D eigenvalue weighted by atomic mass is 9.81. The summed E-state index contributed by atoms with van der Waals surface area (Å²) in [6.07, 6.45) is 10.3. The minimum Gasteiger partial charge on any atom is -0.356 e. The van der Waals surface area contributed by atoms with Crippen LogP contribution in [0, 0.1) is 23.5 Å². The number of para-hydroxylation sites is 1. The van der Waals surface area contributed by atoms with Crippen molar-refractivity contribution >= 4 is 17.5 Å². The molecule has 0 atom stereocenters. The van der Waals surface area contributed by atoms with E-state index < -0.39 is 17.3 Å². The van der Waals surface area contributed by atoms with Gasteiger partial charge in [0.05, 0.1) is 0 Å². The Labute approximate surface area is 164 Å². The summed E-state index contributed by atoms with van der Waals surface area (Å²) in [5, 5.41) is 5.39. The van der Waals surface area contributed by atoms with Crippen LogP contribution in [0.4, 0.5) is 14.5 Å². The Bertz CT molecular complexity index is 720. The summed E-state index contributed by atoms with van der Waals surface area (Å²) in [5.41, 5.74) is 1.04. The normalized spacial score (nSPS) is 22.3. The van der Waals surface area contributed by atoms with Gasteiger partial charge in [0.15, 0.2) is 0 Å². The molecule has 1 fully saturated rings. The number of amides is 2. The Hall–Kier alpha value is -2.24. The van der Waals surface area contributed by atoms with E-state index in [2.05, 4.69) is 16.7 Å². The fraction of sp³-hybridized carbons (Fsp3) is 0.545. The largest absolute Gasteiger partial charge is 0.356 e. The summed E-state index contributed by atoms with van der Waals surface area (Å²) < 4.78 is 27.4. The van der Waals surface area contributed by atoms with E-state index in [0.717, 1.165) is 31.4 Å². The molecule has 3 rings (SSSR count). The van der Waals surface area contributed by atoms with Crippen LogP contribution in [0.5, 0.6) is 0 Å². The lowest BCUT2D eigenvalue weighted by molar-refractivity contribution is -0.128. The van der Waals surface area contributed by atoms with Gasteiger partial charge in [-0.3, -0.25) is 9.59 Å². The van der Waals surface area contributed by atoms with Crippen LogP contribution in [0.1, 0.15) is 57.8 Å². The molecule has 2 aliphatic rings. The van der Waals surface area contributed by atoms with Gasteiger partial charge >= 0.3 is 0 Å². The van der Waals surface area contributed by atoms with E-state index in [1.807, 2.05) is 0 Å². The van der Waals surface area contributed by atoms with Crippen molar-refractivity contribution < 1.29 is 18.4 Å². The van der Waals surface area contributed by atoms with E-state index in [0.29, 0.717) is 32.2 Å². The number of hydrogen-bond acceptors (Lipinski definition) is 2. The van der Waals surface area contributed by atoms with E-state index in [4.69, 9.17) is 0 Å². The predicted octanol–water partition coefficient (Wildman–Crippen LogP) is 4.72. The van der Waals surface area contributed by atoms with Gasteiger partial charge in [-0.2, -0.15) is 0 Å². The van der Waals surface area contributed by atoms with Crippen molar-refractivity contribution in [3.05, 3.63) is 41.5 Å². The Morgan fingerprint density at radius 2 is 1.61 bits per heavy atom. The van der Waals surface area contributed by atoms with Crippen molar-refractivity contribution in [1.82, 2.24) is 5.32 Å². The predicted molar refractivity (Wildman–Crippen MR) is 105 cm³/mol. The minimum absolute atomic E-state index is 0.0513. The van der Waals surface area contributed by atoms with Gasteiger partial charge in [-0.25, -0.2) is 8.78 Å². The highest BCUT2D eigenvalue weighted by atomic mass is 19.1. The standard InChI is InChI=1S/C22H28F2N2O2/c23-18-7-4-8-19(24)20(18)26-22(28)17-11-9-16(10-12-17)21(27)25-14-13-15-5-2-1-3-6-15/h4-5,7-8,16-17H,1-3,6,9-14H2,(H,25,27)(H,26,28). The Morgan fingerprint density at radius 1 is 0.964 bits per heavy atom. The molecular formula is C22H28F2N2O2. The average Bonchev–Trinajstić information content (AvgIpc) is 2.71. The number of carbonyl (C=O) groups excluding carboxylic acids is 2. The quantitative estimate of drug-likeness (QED) is 0.691. The molecule has 1 aromatic carbocycles. The fourth-order valence-corrected chi connectivity index (χ4v) is 4.08. The van der Waals surface area contributed by atoms with Crippen LogP contribution in [0.15, 0.2) is 29.8 Å². The number of anilines is 1. The molecule has 1 saturated carbocycles. The molecule has 0 spiro atoms. The first-order chi connectivity index (χ1) is 13.5. The van der Waals surface area contributed by atoms with Gasteiger partial charge in [0.25, 0.3) is 0 Å². The average molecular weight is 390 g/mol. The number of rotatable bonds is 6. The van der Waals surface area contributed by atoms with Crippen molar-refractivity contribution in [2.75, 3.05) is 11.9 Å². The lowest BCUT2D eigenvalue weighted by Gasteiger charge is -2.27. The summed E-state index contributed by atoms with van der Waals surface area (Å²) in [7, 11) is 0. The zero-order valence-electron chi connectivity index (χ0n) is 16.1. The highest BCUT2D eigenvalue weighted by molar-refractivity contribution is 5.93. The molecule has 0 aromatic heterocycles. The molecule has 0 radical (unpaired) electrons. The minimum atomic E-state index is -0.783. The first-order valence-corrected chi connectivity index (χ1v) is 10.2. The van der Waals surface area contributed by atoms with E-state index in [1.54, 1.807) is 0 Å². The van der Waals surface area contributed by atoms with Crippen LogP contribution in [-0.4, -0.2) is 18.4 Å². The second-order valence-electron chi connectivity index (χ2n) is 7.78. The Morgan fingerprint density at radius 3 is 2.21 bits per heavy atom. The molecule has 2 N–H and O–H groups in total. The SMILES string of the molecule is O=C(NCCC1=CCCCC1)C1CCC(C(=O)Nc2c(F)cccc2F)CC1. The van der Waals surface area contributed by atoms with Crippen LogP contribution in [0.2, 0.25) is 0 Å². The second-order valence-corrected chi connectivity index (χ2v) is 7.78. The molecule has 0 aliphatic heterocycles. The van der Waals surface area contributed by atoms with Crippen molar-refractivity contribution in [3.8, 4) is 0 Å². The fourth-order valence-electron chi connectivity index (χ4n) is 4.08. The van der Waals surface area contributed by atoms with Crippen LogP contribution in [-0.2, 0) is 9.59 Å². The first kappa shape index (κ1) is 20.5. The van der Waals surface area contributed by atoms with Gasteiger partial charge in [-0.05, 0) is 69.9 Å². The monoisotopic (exact) mass is 390 g/mol. The third-order valence-electron chi connectivity index (χ3n) is 5.81. The molecule has 0 heterocycles. The summed E-state index contributed by atoms with van der Waals surface area (Å²) in [5.74, 6) is -2.31. The molecule has 0 saturated heterocycles. The third-order valence-corrected chi connectivity index (χ3v) is 5.81. The molecule has 28 heavy (non-hydrogen) atoms. The van der Waals surface area contributed by atoms with E-state index in [1.165, 1.54) is 24.5 Å². The summed E-state index contributed by atoms with van der Waals surface area (Å²) in [4.78, 5) is 24.7. The molecule has 2 aliphatic carbocycles. The maximum atomic E-state index is 13.7. The van der Waals surface area contributed by atoms with Crippen LogP contribution >= 0.6 is 0 Å². The van der Waals surface area contributed by atoms with Crippen molar-refractivity contribution in [1.29, 1.82) is 0 Å². The number of benzene rings is 1. The summed E-state index contributed by atoms with van der Waals surface area (Å²) >= 11 is 0. The molecule has 152 valence electrons. The highest BCUT2D eigenvalue weighted by Crippen LogP contribution is 2.30. The molecule has 2 amide bonds. The lowest BCUT2D eigenvalue weighted by Crippen LogP contribution is -2.36. The Kier molecular flexibility index (Phi) is 7.18. The van der Waals surface area contributed by atoms with Gasteiger partial charge < -0.3 is 10.6 Å². The summed E-state index contributed by atoms with van der Waals surface area (Å²) in [6, 6.07) is 3.49. The number of hydrogen-bond donors (Lipinski definition) is 2. The molecule has 4 nitrogen and oxygen atoms in total. The molecule has 0 bridgehead atoms. The number of halogens is 2. The zero-order valence-corrected chi connectivity index (χ0v) is 16.1. The van der Waals surface area contributed by atoms with Crippen LogP contribution in [0.25, 0.3) is 0 Å².